The summed E-state index contributed by atoms with van der Waals surface area (Å²) in [6, 6.07) is 16.1. The molecule has 0 saturated carbocycles. The fraction of sp³-hybridized carbons (Fsp3) is 0.192. The van der Waals surface area contributed by atoms with Crippen molar-refractivity contribution in [3.05, 3.63) is 79.4 Å². The molecule has 10 nitrogen and oxygen atoms in total. The van der Waals surface area contributed by atoms with Crippen LogP contribution in [0.4, 0.5) is 11.4 Å². The van der Waals surface area contributed by atoms with Crippen molar-refractivity contribution in [2.24, 2.45) is 0 Å². The van der Waals surface area contributed by atoms with Crippen LogP contribution >= 0.6 is 0 Å². The van der Waals surface area contributed by atoms with Crippen molar-refractivity contribution in [2.75, 3.05) is 43.9 Å². The number of fused-ring (bicyclic) bond motifs is 2. The summed E-state index contributed by atoms with van der Waals surface area (Å²) in [7, 11) is -2.15. The number of ether oxygens (including phenoxy) is 1. The van der Waals surface area contributed by atoms with E-state index in [9.17, 15) is 8.42 Å². The van der Waals surface area contributed by atoms with Crippen molar-refractivity contribution < 1.29 is 13.2 Å². The monoisotopic (exact) mass is 517 g/mol. The lowest BCUT2D eigenvalue weighted by Gasteiger charge is -2.30. The predicted octanol–water partition coefficient (Wildman–Crippen LogP) is 2.90. The van der Waals surface area contributed by atoms with E-state index in [4.69, 9.17) is 10.5 Å². The van der Waals surface area contributed by atoms with E-state index < -0.39 is 10.0 Å². The Morgan fingerprint density at radius 1 is 0.973 bits per heavy atom. The highest BCUT2D eigenvalue weighted by Crippen LogP contribution is 2.30. The first-order valence-corrected chi connectivity index (χ1v) is 13.2. The molecule has 1 saturated heterocycles. The average Bonchev–Trinajstić information content (AvgIpc) is 3.39. The van der Waals surface area contributed by atoms with Gasteiger partial charge in [0, 0.05) is 67.3 Å². The highest BCUT2D eigenvalue weighted by molar-refractivity contribution is 7.90. The number of anilines is 2. The number of pyridine rings is 2. The van der Waals surface area contributed by atoms with Gasteiger partial charge in [0.25, 0.3) is 10.0 Å². The summed E-state index contributed by atoms with van der Waals surface area (Å²) < 4.78 is 32.3. The number of para-hydroxylation sites is 1. The highest BCUT2D eigenvalue weighted by atomic mass is 32.2. The van der Waals surface area contributed by atoms with Gasteiger partial charge in [-0.2, -0.15) is 17.6 Å². The van der Waals surface area contributed by atoms with Crippen molar-refractivity contribution >= 4 is 43.2 Å². The average molecular weight is 518 g/mol. The zero-order valence-electron chi connectivity index (χ0n) is 20.3. The van der Waals surface area contributed by atoms with Crippen LogP contribution in [0, 0.1) is 0 Å². The maximum Gasteiger partial charge on any atom is 0.285 e. The van der Waals surface area contributed by atoms with Crippen LogP contribution in [0.3, 0.4) is 0 Å². The number of hydrogen-bond acceptors (Lipinski definition) is 9. The standard InChI is InChI=1S/C15H10N4O2S.C11H17N3O/c20-22(21,19-13-6-8-16-9-12(13)10-18-19)14-5-1-3-11-4-2-7-17-15(11)14;1-15-11-8-9(12)2-3-10(11)14-6-4-13-5-7-14/h1-10H;2-3,8,13H,4-7,12H2,1H3. The van der Waals surface area contributed by atoms with Crippen molar-refractivity contribution in [1.82, 2.24) is 24.5 Å². The Morgan fingerprint density at radius 3 is 2.59 bits per heavy atom. The summed E-state index contributed by atoms with van der Waals surface area (Å²) >= 11 is 0. The van der Waals surface area contributed by atoms with Gasteiger partial charge in [0.05, 0.1) is 30.0 Å². The predicted molar refractivity (Wildman–Crippen MR) is 144 cm³/mol. The molecule has 1 fully saturated rings. The second-order valence-electron chi connectivity index (χ2n) is 8.43. The van der Waals surface area contributed by atoms with E-state index in [2.05, 4.69) is 25.3 Å². The summed E-state index contributed by atoms with van der Waals surface area (Å²) in [5, 5.41) is 8.77. The van der Waals surface area contributed by atoms with Gasteiger partial charge in [0.1, 0.15) is 10.6 Å². The van der Waals surface area contributed by atoms with E-state index in [1.807, 2.05) is 30.3 Å². The van der Waals surface area contributed by atoms with E-state index in [1.54, 1.807) is 43.8 Å². The molecule has 0 bridgehead atoms. The first-order chi connectivity index (χ1) is 18.0. The molecule has 3 aromatic heterocycles. The van der Waals surface area contributed by atoms with E-state index in [0.29, 0.717) is 16.4 Å². The largest absolute Gasteiger partial charge is 0.495 e. The number of benzene rings is 2. The minimum atomic E-state index is -3.83. The molecule has 190 valence electrons. The smallest absolute Gasteiger partial charge is 0.285 e. The summed E-state index contributed by atoms with van der Waals surface area (Å²) in [5.74, 6) is 0.858. The SMILES string of the molecule is COc1cc(N)ccc1N1CCNCC1.O=S(=O)(c1cccc2cccnc12)n1ncc2cnccc21. The Labute approximate surface area is 214 Å². The molecule has 1 aliphatic rings. The third-order valence-corrected chi connectivity index (χ3v) is 7.73. The zero-order chi connectivity index (χ0) is 25.8. The molecule has 5 aromatic rings. The van der Waals surface area contributed by atoms with E-state index in [-0.39, 0.29) is 4.90 Å². The van der Waals surface area contributed by atoms with Gasteiger partial charge in [-0.25, -0.2) is 0 Å². The summed E-state index contributed by atoms with van der Waals surface area (Å²) in [4.78, 5) is 10.6. The first kappa shape index (κ1) is 24.5. The number of piperazine rings is 1. The molecular weight excluding hydrogens is 490 g/mol. The number of nitrogens with two attached hydrogens (primary N) is 1. The van der Waals surface area contributed by atoms with Crippen LogP contribution in [-0.4, -0.2) is 60.9 Å². The molecule has 2 aromatic carbocycles. The molecule has 11 heteroatoms. The number of nitrogen functional groups attached to an aromatic ring is 1. The minimum Gasteiger partial charge on any atom is -0.495 e. The van der Waals surface area contributed by atoms with Crippen LogP contribution in [0.5, 0.6) is 5.75 Å². The van der Waals surface area contributed by atoms with Gasteiger partial charge < -0.3 is 20.7 Å². The topological polar surface area (TPSA) is 128 Å². The fourth-order valence-corrected chi connectivity index (χ4v) is 5.73. The van der Waals surface area contributed by atoms with Crippen LogP contribution in [0.1, 0.15) is 0 Å². The number of nitrogens with one attached hydrogen (secondary N) is 1. The van der Waals surface area contributed by atoms with Gasteiger partial charge in [-0.05, 0) is 30.3 Å². The lowest BCUT2D eigenvalue weighted by molar-refractivity contribution is 0.413. The van der Waals surface area contributed by atoms with E-state index in [0.717, 1.165) is 52.8 Å². The lowest BCUT2D eigenvalue weighted by Crippen LogP contribution is -2.43. The number of methoxy groups -OCH3 is 1. The van der Waals surface area contributed by atoms with Gasteiger partial charge in [-0.1, -0.05) is 18.2 Å². The lowest BCUT2D eigenvalue weighted by atomic mass is 10.2. The number of rotatable bonds is 4. The Bertz CT molecular complexity index is 1640. The van der Waals surface area contributed by atoms with Crippen molar-refractivity contribution in [3.63, 3.8) is 0 Å². The molecular formula is C26H27N7O3S. The van der Waals surface area contributed by atoms with Gasteiger partial charge in [-0.3, -0.25) is 9.97 Å². The summed E-state index contributed by atoms with van der Waals surface area (Å²) in [6.07, 6.45) is 6.18. The Kier molecular flexibility index (Phi) is 6.89. The Balaban J connectivity index is 0.000000164. The second-order valence-corrected chi connectivity index (χ2v) is 10.2. The summed E-state index contributed by atoms with van der Waals surface area (Å²) in [5.41, 5.74) is 8.52. The summed E-state index contributed by atoms with van der Waals surface area (Å²) in [6.45, 7) is 4.07. The quantitative estimate of drug-likeness (QED) is 0.346. The molecule has 0 atom stereocenters. The van der Waals surface area contributed by atoms with E-state index in [1.165, 1.54) is 12.4 Å². The Morgan fingerprint density at radius 2 is 1.78 bits per heavy atom. The van der Waals surface area contributed by atoms with Crippen LogP contribution in [0.2, 0.25) is 0 Å². The number of hydrogen-bond donors (Lipinski definition) is 2. The third-order valence-electron chi connectivity index (χ3n) is 6.10. The van der Waals surface area contributed by atoms with Gasteiger partial charge >= 0.3 is 0 Å². The van der Waals surface area contributed by atoms with Crippen LogP contribution in [0.25, 0.3) is 21.8 Å². The van der Waals surface area contributed by atoms with Gasteiger partial charge in [0.15, 0.2) is 0 Å². The fourth-order valence-electron chi connectivity index (χ4n) is 4.28. The van der Waals surface area contributed by atoms with Crippen LogP contribution in [0.15, 0.2) is 84.3 Å². The maximum absolute atomic E-state index is 13.0. The molecule has 3 N–H and O–H groups in total. The molecule has 0 aliphatic carbocycles. The maximum atomic E-state index is 13.0. The highest BCUT2D eigenvalue weighted by Gasteiger charge is 2.23. The van der Waals surface area contributed by atoms with Crippen LogP contribution in [-0.2, 0) is 10.0 Å². The van der Waals surface area contributed by atoms with Crippen molar-refractivity contribution in [2.45, 2.75) is 4.90 Å². The molecule has 1 aliphatic heterocycles. The molecule has 0 unspecified atom stereocenters. The van der Waals surface area contributed by atoms with Gasteiger partial charge in [0.2, 0.25) is 0 Å². The Hall–Kier alpha value is -4.22. The minimum absolute atomic E-state index is 0.132. The number of aromatic nitrogens is 4. The number of nitrogens with zero attached hydrogens (tertiary/aromatic N) is 5. The molecule has 4 heterocycles. The van der Waals surface area contributed by atoms with Crippen LogP contribution < -0.4 is 20.7 Å². The molecule has 0 radical (unpaired) electrons. The zero-order valence-corrected chi connectivity index (χ0v) is 21.1. The molecule has 0 spiro atoms. The van der Waals surface area contributed by atoms with Gasteiger partial charge in [-0.15, -0.1) is 0 Å². The first-order valence-electron chi connectivity index (χ1n) is 11.8. The van der Waals surface area contributed by atoms with E-state index >= 15 is 0 Å². The second kappa shape index (κ2) is 10.4. The molecule has 0 amide bonds. The third kappa shape index (κ3) is 4.91. The normalized spacial score (nSPS) is 13.8. The molecule has 37 heavy (non-hydrogen) atoms. The van der Waals surface area contributed by atoms with Crippen molar-refractivity contribution in [3.8, 4) is 5.75 Å². The van der Waals surface area contributed by atoms with Crippen molar-refractivity contribution in [1.29, 1.82) is 0 Å². The molecule has 6 rings (SSSR count).